The van der Waals surface area contributed by atoms with E-state index in [1.807, 2.05) is 0 Å². The average molecular weight is 216 g/mol. The van der Waals surface area contributed by atoms with Crippen LogP contribution in [-0.4, -0.2) is 16.6 Å². The van der Waals surface area contributed by atoms with Crippen LogP contribution < -0.4 is 0 Å². The van der Waals surface area contributed by atoms with Crippen LogP contribution in [0.15, 0.2) is 18.2 Å². The van der Waals surface area contributed by atoms with E-state index in [4.69, 9.17) is 16.7 Å². The molecule has 0 aliphatic heterocycles. The molecule has 0 bridgehead atoms. The molecular weight excluding hydrogens is 206 g/mol. The van der Waals surface area contributed by atoms with E-state index in [1.165, 1.54) is 18.2 Å². The van der Waals surface area contributed by atoms with Crippen molar-refractivity contribution in [1.29, 1.82) is 0 Å². The van der Waals surface area contributed by atoms with Gasteiger partial charge in [0.2, 0.25) is 0 Å². The van der Waals surface area contributed by atoms with Crippen molar-refractivity contribution < 1.29 is 10.0 Å². The van der Waals surface area contributed by atoms with Gasteiger partial charge in [-0.2, -0.15) is 0 Å². The number of nitro benzene ring substituents is 1. The number of nitro groups is 1. The molecule has 0 fully saturated rings. The molecule has 14 heavy (non-hydrogen) atoms. The number of aliphatic hydroxyl groups excluding tert-OH is 1. The summed E-state index contributed by atoms with van der Waals surface area (Å²) in [5, 5.41) is 19.6. The molecule has 4 nitrogen and oxygen atoms in total. The van der Waals surface area contributed by atoms with Crippen LogP contribution in [0.25, 0.3) is 0 Å². The van der Waals surface area contributed by atoms with E-state index in [2.05, 4.69) is 0 Å². The highest BCUT2D eigenvalue weighted by atomic mass is 35.5. The average Bonchev–Trinajstić information content (AvgIpc) is 2.16. The summed E-state index contributed by atoms with van der Waals surface area (Å²) in [6, 6.07) is 4.31. The largest absolute Gasteiger partial charge is 0.396 e. The number of benzene rings is 1. The van der Waals surface area contributed by atoms with E-state index in [0.29, 0.717) is 23.4 Å². The molecule has 0 saturated carbocycles. The van der Waals surface area contributed by atoms with Crippen molar-refractivity contribution in [3.8, 4) is 0 Å². The van der Waals surface area contributed by atoms with Crippen LogP contribution in [0.1, 0.15) is 12.0 Å². The molecular formula is C9H10ClNO3. The van der Waals surface area contributed by atoms with Crippen LogP contribution >= 0.6 is 11.6 Å². The Bertz CT molecular complexity index is 341. The van der Waals surface area contributed by atoms with Crippen LogP contribution in [-0.2, 0) is 6.42 Å². The van der Waals surface area contributed by atoms with E-state index in [0.717, 1.165) is 0 Å². The third-order valence-electron chi connectivity index (χ3n) is 1.84. The summed E-state index contributed by atoms with van der Waals surface area (Å²) >= 11 is 5.83. The lowest BCUT2D eigenvalue weighted by Crippen LogP contribution is -1.93. The Kier molecular flexibility index (Phi) is 3.85. The summed E-state index contributed by atoms with van der Waals surface area (Å²) in [6.07, 6.45) is 1.11. The van der Waals surface area contributed by atoms with Gasteiger partial charge in [-0.15, -0.1) is 0 Å². The van der Waals surface area contributed by atoms with E-state index in [-0.39, 0.29) is 12.3 Å². The first-order valence-electron chi connectivity index (χ1n) is 4.19. The number of aryl methyl sites for hydroxylation is 1. The second-order valence-corrected chi connectivity index (χ2v) is 3.27. The molecule has 1 aromatic carbocycles. The zero-order chi connectivity index (χ0) is 10.6. The topological polar surface area (TPSA) is 63.4 Å². The summed E-state index contributed by atoms with van der Waals surface area (Å²) in [7, 11) is 0. The Hall–Kier alpha value is -1.13. The molecule has 0 saturated heterocycles. The normalized spacial score (nSPS) is 10.1. The zero-order valence-corrected chi connectivity index (χ0v) is 8.20. The lowest BCUT2D eigenvalue weighted by atomic mass is 10.1. The van der Waals surface area contributed by atoms with Crippen molar-refractivity contribution in [3.63, 3.8) is 0 Å². The van der Waals surface area contributed by atoms with E-state index < -0.39 is 4.92 Å². The van der Waals surface area contributed by atoms with Crippen molar-refractivity contribution in [2.24, 2.45) is 0 Å². The second-order valence-electron chi connectivity index (χ2n) is 2.86. The molecule has 0 amide bonds. The molecule has 0 spiro atoms. The Morgan fingerprint density at radius 3 is 2.79 bits per heavy atom. The molecule has 0 unspecified atom stereocenters. The zero-order valence-electron chi connectivity index (χ0n) is 7.44. The first-order chi connectivity index (χ1) is 6.65. The molecule has 1 aromatic rings. The Labute approximate surface area is 86.3 Å². The molecule has 0 aliphatic carbocycles. The van der Waals surface area contributed by atoms with Crippen molar-refractivity contribution in [2.45, 2.75) is 12.8 Å². The fourth-order valence-electron chi connectivity index (χ4n) is 1.14. The highest BCUT2D eigenvalue weighted by molar-refractivity contribution is 6.31. The number of aliphatic hydroxyl groups is 1. The van der Waals surface area contributed by atoms with Gasteiger partial charge in [0.15, 0.2) is 0 Å². The predicted octanol–water partition coefficient (Wildman–Crippen LogP) is 2.17. The van der Waals surface area contributed by atoms with E-state index in [9.17, 15) is 10.1 Å². The maximum Gasteiger partial charge on any atom is 0.269 e. The van der Waals surface area contributed by atoms with Crippen molar-refractivity contribution in [2.75, 3.05) is 6.61 Å². The third-order valence-corrected chi connectivity index (χ3v) is 2.21. The molecule has 0 aromatic heterocycles. The highest BCUT2D eigenvalue weighted by Gasteiger charge is 2.08. The van der Waals surface area contributed by atoms with Crippen LogP contribution in [0.4, 0.5) is 5.69 Å². The minimum absolute atomic E-state index is 0.0299. The van der Waals surface area contributed by atoms with Gasteiger partial charge >= 0.3 is 0 Å². The van der Waals surface area contributed by atoms with Gasteiger partial charge in [0.25, 0.3) is 5.69 Å². The highest BCUT2D eigenvalue weighted by Crippen LogP contribution is 2.22. The van der Waals surface area contributed by atoms with Crippen LogP contribution in [0.5, 0.6) is 0 Å². The van der Waals surface area contributed by atoms with Crippen LogP contribution in [0, 0.1) is 10.1 Å². The molecule has 1 rings (SSSR count). The maximum absolute atomic E-state index is 10.5. The lowest BCUT2D eigenvalue weighted by molar-refractivity contribution is -0.384. The molecule has 76 valence electrons. The first-order valence-corrected chi connectivity index (χ1v) is 4.56. The van der Waals surface area contributed by atoms with E-state index >= 15 is 0 Å². The van der Waals surface area contributed by atoms with Crippen molar-refractivity contribution in [3.05, 3.63) is 38.9 Å². The SMILES string of the molecule is O=[N+]([O-])c1ccc(Cl)c(CCCO)c1. The van der Waals surface area contributed by atoms with Gasteiger partial charge in [-0.1, -0.05) is 11.6 Å². The number of hydrogen-bond donors (Lipinski definition) is 1. The van der Waals surface area contributed by atoms with Gasteiger partial charge in [-0.3, -0.25) is 10.1 Å². The summed E-state index contributed by atoms with van der Waals surface area (Å²) in [5.41, 5.74) is 0.734. The quantitative estimate of drug-likeness (QED) is 0.619. The third kappa shape index (κ3) is 2.68. The molecule has 0 atom stereocenters. The molecule has 5 heteroatoms. The van der Waals surface area contributed by atoms with Gasteiger partial charge in [-0.05, 0) is 24.5 Å². The fraction of sp³-hybridized carbons (Fsp3) is 0.333. The standard InChI is InChI=1S/C9H10ClNO3/c10-9-4-3-8(11(13)14)6-7(9)2-1-5-12/h3-4,6,12H,1-2,5H2. The first kappa shape index (κ1) is 10.9. The monoisotopic (exact) mass is 215 g/mol. The number of rotatable bonds is 4. The van der Waals surface area contributed by atoms with Crippen LogP contribution in [0.3, 0.4) is 0 Å². The molecule has 1 N–H and O–H groups in total. The summed E-state index contributed by atoms with van der Waals surface area (Å²) in [4.78, 5) is 9.99. The van der Waals surface area contributed by atoms with Gasteiger partial charge in [-0.25, -0.2) is 0 Å². The van der Waals surface area contributed by atoms with Gasteiger partial charge in [0, 0.05) is 23.8 Å². The van der Waals surface area contributed by atoms with Crippen molar-refractivity contribution in [1.82, 2.24) is 0 Å². The predicted molar refractivity (Wildman–Crippen MR) is 53.5 cm³/mol. The lowest BCUT2D eigenvalue weighted by Gasteiger charge is -2.02. The Balaban J connectivity index is 2.90. The number of halogens is 1. The van der Waals surface area contributed by atoms with Gasteiger partial charge < -0.3 is 5.11 Å². The Morgan fingerprint density at radius 2 is 2.21 bits per heavy atom. The van der Waals surface area contributed by atoms with Crippen LogP contribution in [0.2, 0.25) is 5.02 Å². The smallest absolute Gasteiger partial charge is 0.269 e. The van der Waals surface area contributed by atoms with E-state index in [1.54, 1.807) is 0 Å². The Morgan fingerprint density at radius 1 is 1.50 bits per heavy atom. The minimum atomic E-state index is -0.460. The molecule has 0 radical (unpaired) electrons. The van der Waals surface area contributed by atoms with Crippen molar-refractivity contribution >= 4 is 17.3 Å². The summed E-state index contributed by atoms with van der Waals surface area (Å²) in [6.45, 7) is 0.0546. The van der Waals surface area contributed by atoms with Gasteiger partial charge in [0.05, 0.1) is 4.92 Å². The summed E-state index contributed by atoms with van der Waals surface area (Å²) < 4.78 is 0. The number of hydrogen-bond acceptors (Lipinski definition) is 3. The minimum Gasteiger partial charge on any atom is -0.396 e. The molecule has 0 heterocycles. The summed E-state index contributed by atoms with van der Waals surface area (Å²) in [5.74, 6) is 0. The van der Waals surface area contributed by atoms with Gasteiger partial charge in [0.1, 0.15) is 0 Å². The number of nitrogens with zero attached hydrogens (tertiary/aromatic N) is 1. The molecule has 0 aliphatic rings. The maximum atomic E-state index is 10.5. The second kappa shape index (κ2) is 4.93. The number of non-ortho nitro benzene ring substituents is 1. The fourth-order valence-corrected chi connectivity index (χ4v) is 1.35.